The summed E-state index contributed by atoms with van der Waals surface area (Å²) < 4.78 is 5.45. The van der Waals surface area contributed by atoms with E-state index in [0.29, 0.717) is 12.5 Å². The van der Waals surface area contributed by atoms with E-state index in [1.54, 1.807) is 0 Å². The molecule has 1 saturated heterocycles. The number of rotatable bonds is 6. The summed E-state index contributed by atoms with van der Waals surface area (Å²) in [6.45, 7) is 7.11. The Morgan fingerprint density at radius 1 is 1.33 bits per heavy atom. The van der Waals surface area contributed by atoms with Gasteiger partial charge in [0.1, 0.15) is 0 Å². The smallest absolute Gasteiger partial charge is 0.188 e. The minimum atomic E-state index is 0.261. The fraction of sp³-hybridized carbons (Fsp3) is 0.562. The molecule has 3 N–H and O–H groups in total. The number of benzene rings is 1. The van der Waals surface area contributed by atoms with Gasteiger partial charge in [0.15, 0.2) is 5.96 Å². The average Bonchev–Trinajstić information content (AvgIpc) is 2.55. The quantitative estimate of drug-likeness (QED) is 0.613. The van der Waals surface area contributed by atoms with E-state index in [9.17, 15) is 0 Å². The van der Waals surface area contributed by atoms with Crippen molar-refractivity contribution in [3.05, 3.63) is 35.9 Å². The van der Waals surface area contributed by atoms with Crippen molar-refractivity contribution < 1.29 is 4.74 Å². The number of aliphatic imine (C=N–C) groups is 1. The highest BCUT2D eigenvalue weighted by Crippen LogP contribution is 2.22. The molecule has 0 bridgehead atoms. The minimum absolute atomic E-state index is 0.261. The van der Waals surface area contributed by atoms with Crippen molar-refractivity contribution in [2.24, 2.45) is 10.7 Å². The summed E-state index contributed by atoms with van der Waals surface area (Å²) in [5.74, 6) is 0.533. The van der Waals surface area contributed by atoms with Gasteiger partial charge in [-0.15, -0.1) is 0 Å². The van der Waals surface area contributed by atoms with Gasteiger partial charge >= 0.3 is 0 Å². The van der Waals surface area contributed by atoms with Gasteiger partial charge in [-0.1, -0.05) is 37.3 Å². The van der Waals surface area contributed by atoms with Gasteiger partial charge in [-0.2, -0.15) is 0 Å². The molecule has 0 amide bonds. The van der Waals surface area contributed by atoms with E-state index in [1.807, 2.05) is 6.07 Å². The van der Waals surface area contributed by atoms with E-state index in [2.05, 4.69) is 46.4 Å². The van der Waals surface area contributed by atoms with Gasteiger partial charge in [0, 0.05) is 19.6 Å². The van der Waals surface area contributed by atoms with Crippen LogP contribution >= 0.6 is 0 Å². The Morgan fingerprint density at radius 2 is 2.05 bits per heavy atom. The molecular formula is C16H26N4O. The molecule has 116 valence electrons. The van der Waals surface area contributed by atoms with Crippen molar-refractivity contribution in [1.82, 2.24) is 10.2 Å². The van der Waals surface area contributed by atoms with Crippen LogP contribution in [0.5, 0.6) is 0 Å². The summed E-state index contributed by atoms with van der Waals surface area (Å²) in [6.07, 6.45) is 1.04. The molecule has 1 aliphatic rings. The van der Waals surface area contributed by atoms with E-state index in [-0.39, 0.29) is 6.04 Å². The number of hydrogen-bond acceptors (Lipinski definition) is 3. The Kier molecular flexibility index (Phi) is 6.50. The summed E-state index contributed by atoms with van der Waals surface area (Å²) in [7, 11) is 0. The van der Waals surface area contributed by atoms with E-state index >= 15 is 0 Å². The zero-order valence-corrected chi connectivity index (χ0v) is 12.8. The van der Waals surface area contributed by atoms with Crippen molar-refractivity contribution in [2.45, 2.75) is 19.4 Å². The van der Waals surface area contributed by atoms with Gasteiger partial charge in [0.05, 0.1) is 25.8 Å². The van der Waals surface area contributed by atoms with E-state index in [1.165, 1.54) is 5.56 Å². The average molecular weight is 290 g/mol. The molecule has 1 fully saturated rings. The maximum atomic E-state index is 5.91. The second-order valence-corrected chi connectivity index (χ2v) is 5.23. The second kappa shape index (κ2) is 8.64. The number of ether oxygens (including phenoxy) is 1. The molecule has 0 aliphatic carbocycles. The Balaban J connectivity index is 2.05. The van der Waals surface area contributed by atoms with Crippen molar-refractivity contribution >= 4 is 5.96 Å². The lowest BCUT2D eigenvalue weighted by molar-refractivity contribution is 0.0180. The van der Waals surface area contributed by atoms with Crippen LogP contribution in [0, 0.1) is 0 Å². The van der Waals surface area contributed by atoms with Crippen LogP contribution in [0.2, 0.25) is 0 Å². The minimum Gasteiger partial charge on any atom is -0.379 e. The highest BCUT2D eigenvalue weighted by Gasteiger charge is 2.22. The first-order valence-electron chi connectivity index (χ1n) is 7.71. The van der Waals surface area contributed by atoms with Crippen molar-refractivity contribution in [1.29, 1.82) is 0 Å². The zero-order valence-electron chi connectivity index (χ0n) is 12.8. The molecule has 0 aromatic heterocycles. The molecule has 2 rings (SSSR count). The van der Waals surface area contributed by atoms with Crippen LogP contribution in [-0.4, -0.2) is 50.3 Å². The fourth-order valence-electron chi connectivity index (χ4n) is 2.49. The van der Waals surface area contributed by atoms with E-state index < -0.39 is 0 Å². The van der Waals surface area contributed by atoms with Crippen LogP contribution in [0.15, 0.2) is 35.3 Å². The van der Waals surface area contributed by atoms with Crippen LogP contribution in [0.25, 0.3) is 0 Å². The molecule has 1 unspecified atom stereocenters. The van der Waals surface area contributed by atoms with Gasteiger partial charge in [-0.25, -0.2) is 0 Å². The summed E-state index contributed by atoms with van der Waals surface area (Å²) in [5.41, 5.74) is 7.20. The van der Waals surface area contributed by atoms with E-state index in [0.717, 1.165) is 39.3 Å². The van der Waals surface area contributed by atoms with Gasteiger partial charge in [0.25, 0.3) is 0 Å². The number of guanidine groups is 1. The lowest BCUT2D eigenvalue weighted by Gasteiger charge is -2.34. The Labute approximate surface area is 127 Å². The first kappa shape index (κ1) is 15.8. The normalized spacial score (nSPS) is 18.4. The van der Waals surface area contributed by atoms with Crippen molar-refractivity contribution in [3.8, 4) is 0 Å². The maximum absolute atomic E-state index is 5.91. The molecule has 1 aromatic carbocycles. The molecule has 1 atom stereocenters. The molecule has 1 heterocycles. The second-order valence-electron chi connectivity index (χ2n) is 5.23. The van der Waals surface area contributed by atoms with E-state index in [4.69, 9.17) is 10.5 Å². The number of nitrogens with two attached hydrogens (primary N) is 1. The lowest BCUT2D eigenvalue weighted by atomic mass is 10.1. The Morgan fingerprint density at radius 3 is 2.71 bits per heavy atom. The molecule has 21 heavy (non-hydrogen) atoms. The van der Waals surface area contributed by atoms with Crippen LogP contribution in [-0.2, 0) is 4.74 Å². The van der Waals surface area contributed by atoms with Gasteiger partial charge in [-0.05, 0) is 12.0 Å². The van der Waals surface area contributed by atoms with Gasteiger partial charge in [0.2, 0.25) is 0 Å². The first-order valence-corrected chi connectivity index (χ1v) is 7.71. The molecule has 0 saturated carbocycles. The molecule has 5 nitrogen and oxygen atoms in total. The molecule has 5 heteroatoms. The van der Waals surface area contributed by atoms with Crippen LogP contribution in [0.4, 0.5) is 0 Å². The predicted octanol–water partition coefficient (Wildman–Crippen LogP) is 1.37. The van der Waals surface area contributed by atoms with Crippen molar-refractivity contribution in [3.63, 3.8) is 0 Å². The third kappa shape index (κ3) is 5.02. The first-order chi connectivity index (χ1) is 10.3. The summed E-state index contributed by atoms with van der Waals surface area (Å²) in [4.78, 5) is 6.94. The highest BCUT2D eigenvalue weighted by atomic mass is 16.5. The number of hydrogen-bond donors (Lipinski definition) is 2. The standard InChI is InChI=1S/C16H26N4O/c1-2-8-18-16(17)19-13-15(14-6-4-3-5-7-14)20-9-11-21-12-10-20/h3-7,15H,2,8-13H2,1H3,(H3,17,18,19). The Hall–Kier alpha value is -1.59. The monoisotopic (exact) mass is 290 g/mol. The zero-order chi connectivity index (χ0) is 14.9. The van der Waals surface area contributed by atoms with Crippen LogP contribution in [0.1, 0.15) is 24.9 Å². The van der Waals surface area contributed by atoms with Gasteiger partial charge in [-0.3, -0.25) is 9.89 Å². The summed E-state index contributed by atoms with van der Waals surface area (Å²) >= 11 is 0. The largest absolute Gasteiger partial charge is 0.379 e. The highest BCUT2D eigenvalue weighted by molar-refractivity contribution is 5.77. The topological polar surface area (TPSA) is 62.9 Å². The molecule has 0 radical (unpaired) electrons. The Bertz CT molecular complexity index is 429. The third-order valence-electron chi connectivity index (χ3n) is 3.66. The van der Waals surface area contributed by atoms with Crippen LogP contribution in [0.3, 0.4) is 0 Å². The molecule has 1 aliphatic heterocycles. The molecular weight excluding hydrogens is 264 g/mol. The van der Waals surface area contributed by atoms with Gasteiger partial charge < -0.3 is 15.8 Å². The molecule has 1 aromatic rings. The number of nitrogens with zero attached hydrogens (tertiary/aromatic N) is 2. The van der Waals surface area contributed by atoms with Crippen LogP contribution < -0.4 is 11.1 Å². The number of nitrogens with one attached hydrogen (secondary N) is 1. The SMILES string of the molecule is CCCNC(N)=NCC(c1ccccc1)N1CCOCC1. The third-order valence-corrected chi connectivity index (χ3v) is 3.66. The number of morpholine rings is 1. The van der Waals surface area contributed by atoms with Crippen molar-refractivity contribution in [2.75, 3.05) is 39.4 Å². The molecule has 0 spiro atoms. The predicted molar refractivity (Wildman–Crippen MR) is 86.4 cm³/mol. The maximum Gasteiger partial charge on any atom is 0.188 e. The fourth-order valence-corrected chi connectivity index (χ4v) is 2.49. The summed E-state index contributed by atoms with van der Waals surface area (Å²) in [5, 5.41) is 3.13. The summed E-state index contributed by atoms with van der Waals surface area (Å²) in [6, 6.07) is 10.8. The lowest BCUT2D eigenvalue weighted by Crippen LogP contribution is -2.41.